The fraction of sp³-hybridized carbons (Fsp3) is 0.167. The van der Waals surface area contributed by atoms with Crippen LogP contribution in [0.15, 0.2) is 48.5 Å². The van der Waals surface area contributed by atoms with Gasteiger partial charge in [-0.25, -0.2) is 4.79 Å². The first kappa shape index (κ1) is 16.5. The van der Waals surface area contributed by atoms with Crippen LogP contribution in [-0.4, -0.2) is 30.5 Å². The van der Waals surface area contributed by atoms with E-state index < -0.39 is 23.4 Å². The number of hydrogen-bond donors (Lipinski definition) is 2. The summed E-state index contributed by atoms with van der Waals surface area (Å²) in [5, 5.41) is 5.22. The highest BCUT2D eigenvalue weighted by Crippen LogP contribution is 2.34. The van der Waals surface area contributed by atoms with Crippen LogP contribution < -0.4 is 15.4 Å². The molecule has 7 nitrogen and oxygen atoms in total. The second-order valence-electron chi connectivity index (χ2n) is 5.58. The molecule has 0 fully saturated rings. The minimum atomic E-state index is -1.78. The minimum absolute atomic E-state index is 0.179. The van der Waals surface area contributed by atoms with E-state index in [0.29, 0.717) is 11.4 Å². The Morgan fingerprint density at radius 1 is 1.12 bits per heavy atom. The van der Waals surface area contributed by atoms with Crippen molar-refractivity contribution in [3.05, 3.63) is 54.1 Å². The molecule has 0 bridgehead atoms. The molecule has 0 aliphatic carbocycles. The lowest BCUT2D eigenvalue weighted by Gasteiger charge is -2.33. The van der Waals surface area contributed by atoms with E-state index in [1.54, 1.807) is 42.5 Å². The summed E-state index contributed by atoms with van der Waals surface area (Å²) in [7, 11) is 1.25. The maximum atomic E-state index is 12.7. The quantitative estimate of drug-likeness (QED) is 0.660. The van der Waals surface area contributed by atoms with Gasteiger partial charge in [0, 0.05) is 0 Å². The molecule has 0 radical (unpaired) electrons. The first-order valence-electron chi connectivity index (χ1n) is 7.54. The van der Waals surface area contributed by atoms with Crippen molar-refractivity contribution in [2.75, 3.05) is 17.7 Å². The van der Waals surface area contributed by atoms with Gasteiger partial charge in [0.2, 0.25) is 0 Å². The molecule has 0 saturated heterocycles. The van der Waals surface area contributed by atoms with E-state index in [2.05, 4.69) is 10.6 Å². The van der Waals surface area contributed by atoms with Gasteiger partial charge in [-0.05, 0) is 31.2 Å². The highest BCUT2D eigenvalue weighted by molar-refractivity contribution is 6.19. The van der Waals surface area contributed by atoms with Crippen molar-refractivity contribution in [3.8, 4) is 5.75 Å². The molecule has 1 aliphatic heterocycles. The topological polar surface area (TPSA) is 93.7 Å². The Hall–Kier alpha value is -3.35. The predicted molar refractivity (Wildman–Crippen MR) is 90.5 cm³/mol. The number of amides is 2. The van der Waals surface area contributed by atoms with E-state index in [4.69, 9.17) is 9.47 Å². The smallest absolute Gasteiger partial charge is 0.339 e. The number of nitrogens with one attached hydrogen (secondary N) is 2. The molecule has 1 heterocycles. The number of carbonyl (C=O) groups is 3. The van der Waals surface area contributed by atoms with Crippen molar-refractivity contribution in [1.82, 2.24) is 0 Å². The van der Waals surface area contributed by atoms with Crippen LogP contribution in [0.3, 0.4) is 0 Å². The van der Waals surface area contributed by atoms with Crippen LogP contribution in [0.1, 0.15) is 17.3 Å². The summed E-state index contributed by atoms with van der Waals surface area (Å²) in [6.07, 6.45) is 0. The van der Waals surface area contributed by atoms with E-state index >= 15 is 0 Å². The number of rotatable bonds is 3. The maximum absolute atomic E-state index is 12.7. The molecular weight excluding hydrogens is 324 g/mol. The lowest BCUT2D eigenvalue weighted by molar-refractivity contribution is -0.143. The summed E-state index contributed by atoms with van der Waals surface area (Å²) in [6.45, 7) is 1.37. The second-order valence-corrected chi connectivity index (χ2v) is 5.58. The number of ether oxygens (including phenoxy) is 2. The third kappa shape index (κ3) is 2.91. The van der Waals surface area contributed by atoms with Crippen molar-refractivity contribution in [1.29, 1.82) is 0 Å². The number of methoxy groups -OCH3 is 1. The third-order valence-corrected chi connectivity index (χ3v) is 3.90. The van der Waals surface area contributed by atoms with Crippen LogP contribution in [0.2, 0.25) is 0 Å². The van der Waals surface area contributed by atoms with E-state index in [-0.39, 0.29) is 11.3 Å². The molecule has 7 heteroatoms. The largest absolute Gasteiger partial charge is 0.466 e. The summed E-state index contributed by atoms with van der Waals surface area (Å²) in [5.41, 5.74) is -0.875. The molecule has 3 rings (SSSR count). The van der Waals surface area contributed by atoms with Gasteiger partial charge in [-0.3, -0.25) is 9.59 Å². The highest BCUT2D eigenvalue weighted by Gasteiger charge is 2.47. The summed E-state index contributed by atoms with van der Waals surface area (Å²) in [5.74, 6) is -1.50. The second kappa shape index (κ2) is 6.27. The molecule has 1 aliphatic rings. The van der Waals surface area contributed by atoms with E-state index in [1.165, 1.54) is 20.1 Å². The van der Waals surface area contributed by atoms with Gasteiger partial charge in [0.05, 0.1) is 24.0 Å². The average molecular weight is 340 g/mol. The van der Waals surface area contributed by atoms with Gasteiger partial charge < -0.3 is 20.1 Å². The Morgan fingerprint density at radius 3 is 2.56 bits per heavy atom. The SMILES string of the molecule is COC(=O)c1ccccc1NC(=O)[C@@]1(C)Oc2ccccc2NC1=O. The molecule has 1 atom stereocenters. The number of carbonyl (C=O) groups excluding carboxylic acids is 3. The highest BCUT2D eigenvalue weighted by atomic mass is 16.5. The summed E-state index contributed by atoms with van der Waals surface area (Å²) in [6, 6.07) is 13.2. The zero-order chi connectivity index (χ0) is 18.0. The zero-order valence-electron chi connectivity index (χ0n) is 13.7. The standard InChI is InChI=1S/C18H16N2O5/c1-18(17(23)20-13-9-5-6-10-14(13)25-18)16(22)19-12-8-4-3-7-11(12)15(21)24-2/h3-10H,1-2H3,(H,19,22)(H,20,23)/t18-/m1/s1. The predicted octanol–water partition coefficient (Wildman–Crippen LogP) is 2.20. The van der Waals surface area contributed by atoms with Crippen LogP contribution in [0, 0.1) is 0 Å². The van der Waals surface area contributed by atoms with Crippen LogP contribution >= 0.6 is 0 Å². The summed E-state index contributed by atoms with van der Waals surface area (Å²) in [4.78, 5) is 36.9. The third-order valence-electron chi connectivity index (χ3n) is 3.90. The molecule has 0 unspecified atom stereocenters. The van der Waals surface area contributed by atoms with E-state index in [0.717, 1.165) is 0 Å². The number of benzene rings is 2. The van der Waals surface area contributed by atoms with Crippen molar-refractivity contribution < 1.29 is 23.9 Å². The first-order chi connectivity index (χ1) is 12.0. The van der Waals surface area contributed by atoms with Gasteiger partial charge in [-0.1, -0.05) is 24.3 Å². The molecule has 25 heavy (non-hydrogen) atoms. The van der Waals surface area contributed by atoms with Gasteiger partial charge in [0.25, 0.3) is 17.4 Å². The number of hydrogen-bond acceptors (Lipinski definition) is 5. The Balaban J connectivity index is 1.89. The summed E-state index contributed by atoms with van der Waals surface area (Å²) < 4.78 is 10.3. The van der Waals surface area contributed by atoms with Crippen LogP contribution in [0.5, 0.6) is 5.75 Å². The molecular formula is C18H16N2O5. The van der Waals surface area contributed by atoms with Crippen molar-refractivity contribution in [2.45, 2.75) is 12.5 Å². The summed E-state index contributed by atoms with van der Waals surface area (Å²) >= 11 is 0. The average Bonchev–Trinajstić information content (AvgIpc) is 2.62. The molecule has 2 amide bonds. The Labute approximate surface area is 143 Å². The molecule has 128 valence electrons. The number of para-hydroxylation sites is 3. The van der Waals surface area contributed by atoms with Gasteiger partial charge in [-0.15, -0.1) is 0 Å². The van der Waals surface area contributed by atoms with E-state index in [1.807, 2.05) is 0 Å². The van der Waals surface area contributed by atoms with Crippen LogP contribution in [0.4, 0.5) is 11.4 Å². The van der Waals surface area contributed by atoms with Crippen molar-refractivity contribution in [3.63, 3.8) is 0 Å². The molecule has 2 aromatic rings. The molecule has 0 aromatic heterocycles. The van der Waals surface area contributed by atoms with Gasteiger partial charge >= 0.3 is 5.97 Å². The first-order valence-corrected chi connectivity index (χ1v) is 7.54. The Kier molecular flexibility index (Phi) is 4.14. The van der Waals surface area contributed by atoms with Crippen molar-refractivity contribution in [2.24, 2.45) is 0 Å². The number of fused-ring (bicyclic) bond motifs is 1. The number of anilines is 2. The Bertz CT molecular complexity index is 864. The normalized spacial score (nSPS) is 18.4. The van der Waals surface area contributed by atoms with Crippen molar-refractivity contribution >= 4 is 29.2 Å². The Morgan fingerprint density at radius 2 is 1.80 bits per heavy atom. The van der Waals surface area contributed by atoms with Gasteiger partial charge in [0.1, 0.15) is 5.75 Å². The monoisotopic (exact) mass is 340 g/mol. The molecule has 0 saturated carbocycles. The van der Waals surface area contributed by atoms with Gasteiger partial charge in [0.15, 0.2) is 0 Å². The van der Waals surface area contributed by atoms with Gasteiger partial charge in [-0.2, -0.15) is 0 Å². The lowest BCUT2D eigenvalue weighted by atomic mass is 10.0. The lowest BCUT2D eigenvalue weighted by Crippen LogP contribution is -2.56. The van der Waals surface area contributed by atoms with Crippen LogP contribution in [-0.2, 0) is 14.3 Å². The molecule has 2 aromatic carbocycles. The number of esters is 1. The molecule has 2 N–H and O–H groups in total. The fourth-order valence-electron chi connectivity index (χ4n) is 2.44. The minimum Gasteiger partial charge on any atom is -0.466 e. The maximum Gasteiger partial charge on any atom is 0.339 e. The van der Waals surface area contributed by atoms with Crippen LogP contribution in [0.25, 0.3) is 0 Å². The van der Waals surface area contributed by atoms with E-state index in [9.17, 15) is 14.4 Å². The fourth-order valence-corrected chi connectivity index (χ4v) is 2.44. The molecule has 0 spiro atoms. The zero-order valence-corrected chi connectivity index (χ0v) is 13.7.